The first-order valence-electron chi connectivity index (χ1n) is 10.8. The van der Waals surface area contributed by atoms with Gasteiger partial charge < -0.3 is 39.7 Å². The monoisotopic (exact) mass is 492 g/mol. The van der Waals surface area contributed by atoms with E-state index in [1.54, 1.807) is 37.4 Å². The van der Waals surface area contributed by atoms with Gasteiger partial charge in [0, 0.05) is 41.0 Å². The van der Waals surface area contributed by atoms with Gasteiger partial charge in [0.15, 0.2) is 10.3 Å². The van der Waals surface area contributed by atoms with E-state index in [-0.39, 0.29) is 23.0 Å². The van der Waals surface area contributed by atoms with Crippen LogP contribution in [0.25, 0.3) is 0 Å². The second-order valence-corrected chi connectivity index (χ2v) is 11.1. The minimum absolute atomic E-state index is 0.00685. The molecule has 0 aromatic carbocycles. The number of aliphatic hydroxyl groups excluding tert-OH is 4. The first-order chi connectivity index (χ1) is 15.0. The van der Waals surface area contributed by atoms with Gasteiger partial charge in [0.1, 0.15) is 23.1 Å². The summed E-state index contributed by atoms with van der Waals surface area (Å²) in [5.41, 5.74) is -0.138. The summed E-state index contributed by atoms with van der Waals surface area (Å²) in [5.74, 6) is 0. The molecule has 0 aromatic heterocycles. The van der Waals surface area contributed by atoms with Gasteiger partial charge in [-0.25, -0.2) is 0 Å². The molecule has 0 unspecified atom stereocenters. The van der Waals surface area contributed by atoms with Crippen molar-refractivity contribution < 1.29 is 29.9 Å². The number of thioether (sulfide) groups is 2. The Labute approximate surface area is 198 Å². The molecule has 0 saturated carbocycles. The van der Waals surface area contributed by atoms with Crippen LogP contribution in [0.15, 0.2) is 9.98 Å². The van der Waals surface area contributed by atoms with Gasteiger partial charge in [-0.2, -0.15) is 0 Å². The van der Waals surface area contributed by atoms with Crippen LogP contribution in [-0.4, -0.2) is 128 Å². The lowest BCUT2D eigenvalue weighted by Gasteiger charge is -2.35. The van der Waals surface area contributed by atoms with E-state index in [0.717, 1.165) is 10.3 Å². The molecule has 4 aliphatic rings. The fourth-order valence-corrected chi connectivity index (χ4v) is 6.22. The van der Waals surface area contributed by atoms with Crippen LogP contribution in [0.4, 0.5) is 0 Å². The Morgan fingerprint density at radius 3 is 1.41 bits per heavy atom. The van der Waals surface area contributed by atoms with Crippen molar-refractivity contribution in [2.75, 3.05) is 28.2 Å². The Morgan fingerprint density at radius 2 is 1.12 bits per heavy atom. The summed E-state index contributed by atoms with van der Waals surface area (Å²) < 4.78 is 11.4. The fourth-order valence-electron chi connectivity index (χ4n) is 3.96. The molecule has 12 heteroatoms. The average molecular weight is 493 g/mol. The predicted molar refractivity (Wildman–Crippen MR) is 127 cm³/mol. The van der Waals surface area contributed by atoms with E-state index >= 15 is 0 Å². The Balaban J connectivity index is 0.000000181. The smallest absolute Gasteiger partial charge is 0.161 e. The van der Waals surface area contributed by atoms with Crippen LogP contribution in [0, 0.1) is 0 Å². The lowest BCUT2D eigenvalue weighted by molar-refractivity contribution is -0.136. The number of aliphatic hydroxyl groups is 4. The summed E-state index contributed by atoms with van der Waals surface area (Å²) in [4.78, 5) is 12.9. The second-order valence-electron chi connectivity index (χ2n) is 9.01. The Morgan fingerprint density at radius 1 is 0.781 bits per heavy atom. The maximum absolute atomic E-state index is 9.83. The number of amidine groups is 2. The molecular formula is C20H36N4O6S2. The van der Waals surface area contributed by atoms with Crippen molar-refractivity contribution in [1.82, 2.24) is 9.80 Å². The number of hydrogen-bond donors (Lipinski definition) is 4. The summed E-state index contributed by atoms with van der Waals surface area (Å²) in [7, 11) is 7.75. The van der Waals surface area contributed by atoms with Gasteiger partial charge >= 0.3 is 0 Å². The van der Waals surface area contributed by atoms with Crippen LogP contribution in [0.5, 0.6) is 0 Å². The van der Waals surface area contributed by atoms with Gasteiger partial charge in [-0.05, 0) is 13.8 Å². The predicted octanol–water partition coefficient (Wildman–Crippen LogP) is -0.248. The molecule has 4 heterocycles. The quantitative estimate of drug-likeness (QED) is 0.409. The van der Waals surface area contributed by atoms with Crippen molar-refractivity contribution in [3.63, 3.8) is 0 Å². The molecule has 4 N–H and O–H groups in total. The Bertz CT molecular complexity index is 650. The van der Waals surface area contributed by atoms with Gasteiger partial charge in [-0.3, -0.25) is 9.98 Å². The summed E-state index contributed by atoms with van der Waals surface area (Å²) in [6, 6.07) is 0.0137. The van der Waals surface area contributed by atoms with Crippen molar-refractivity contribution in [3.05, 3.63) is 0 Å². The van der Waals surface area contributed by atoms with E-state index < -0.39 is 36.6 Å². The lowest BCUT2D eigenvalue weighted by atomic mass is 9.99. The zero-order valence-electron chi connectivity index (χ0n) is 19.4. The molecule has 0 spiro atoms. The third-order valence-electron chi connectivity index (χ3n) is 5.65. The molecule has 0 aliphatic carbocycles. The molecule has 0 radical (unpaired) electrons. The summed E-state index contributed by atoms with van der Waals surface area (Å²) in [5, 5.41) is 40.5. The van der Waals surface area contributed by atoms with Crippen molar-refractivity contribution >= 4 is 33.9 Å². The minimum Gasteiger partial charge on any atom is -0.391 e. The van der Waals surface area contributed by atoms with Gasteiger partial charge in [-0.15, -0.1) is 0 Å². The maximum atomic E-state index is 9.83. The second kappa shape index (κ2) is 10.8. The number of ether oxygens (including phenoxy) is 2. The summed E-state index contributed by atoms with van der Waals surface area (Å²) in [6.45, 7) is 3.28. The molecule has 32 heavy (non-hydrogen) atoms. The molecule has 10 nitrogen and oxygen atoms in total. The Hall–Kier alpha value is -0.600. The van der Waals surface area contributed by atoms with Crippen LogP contribution in [0.1, 0.15) is 26.7 Å². The molecule has 10 atom stereocenters. The van der Waals surface area contributed by atoms with Gasteiger partial charge in [0.2, 0.25) is 0 Å². The molecule has 4 aliphatic heterocycles. The highest BCUT2D eigenvalue weighted by atomic mass is 32.2. The first kappa shape index (κ1) is 26.0. The zero-order chi connectivity index (χ0) is 23.7. The van der Waals surface area contributed by atoms with Crippen LogP contribution < -0.4 is 0 Å². The number of fused-ring (bicyclic) bond motifs is 2. The van der Waals surface area contributed by atoms with Crippen LogP contribution in [-0.2, 0) is 9.47 Å². The van der Waals surface area contributed by atoms with Crippen LogP contribution in [0.3, 0.4) is 0 Å². The van der Waals surface area contributed by atoms with Gasteiger partial charge in [0.25, 0.3) is 0 Å². The van der Waals surface area contributed by atoms with E-state index in [1.807, 2.05) is 38.0 Å². The zero-order valence-corrected chi connectivity index (χ0v) is 21.0. The van der Waals surface area contributed by atoms with E-state index in [0.29, 0.717) is 12.8 Å². The Kier molecular flexibility index (Phi) is 8.75. The van der Waals surface area contributed by atoms with Crippen molar-refractivity contribution in [3.8, 4) is 0 Å². The van der Waals surface area contributed by atoms with Crippen molar-refractivity contribution in [2.45, 2.75) is 86.3 Å². The standard InChI is InChI=1S/2C10H18N2O3S/c2*1-5(13)8-7(14)4-6-9(15-8)16-10(11-6)12(2)3/h2*5-9,13-14H,4H2,1-3H3/t5-,6+,7-,8+,9+;5-,6-,7+,8-,9-/m01/s1. The first-order valence-corrected chi connectivity index (χ1v) is 12.6. The minimum atomic E-state index is -0.653. The average Bonchev–Trinajstić information content (AvgIpc) is 3.30. The topological polar surface area (TPSA) is 131 Å². The largest absolute Gasteiger partial charge is 0.391 e. The molecule has 0 amide bonds. The van der Waals surface area contributed by atoms with E-state index in [1.165, 1.54) is 0 Å². The van der Waals surface area contributed by atoms with E-state index in [4.69, 9.17) is 9.47 Å². The highest BCUT2D eigenvalue weighted by Crippen LogP contribution is 2.38. The van der Waals surface area contributed by atoms with E-state index in [2.05, 4.69) is 9.98 Å². The molecule has 2 saturated heterocycles. The van der Waals surface area contributed by atoms with Crippen molar-refractivity contribution in [2.24, 2.45) is 9.98 Å². The van der Waals surface area contributed by atoms with Crippen LogP contribution >= 0.6 is 23.5 Å². The van der Waals surface area contributed by atoms with E-state index in [9.17, 15) is 20.4 Å². The number of nitrogens with zero attached hydrogens (tertiary/aromatic N) is 4. The van der Waals surface area contributed by atoms with Gasteiger partial charge in [-0.1, -0.05) is 23.5 Å². The van der Waals surface area contributed by atoms with Crippen LogP contribution in [0.2, 0.25) is 0 Å². The fraction of sp³-hybridized carbons (Fsp3) is 0.900. The molecule has 4 rings (SSSR count). The SMILES string of the molecule is C[C@@H](O)[C@H]1O[C@@H]2SC(N(C)C)=N[C@@H]2C[C@@H]1O.C[C@H](O)[C@H]1O[C@@H]2SC(N(C)C)=N[C@@H]2C[C@@H]1O. The van der Waals surface area contributed by atoms with Gasteiger partial charge in [0.05, 0.1) is 36.5 Å². The van der Waals surface area contributed by atoms with Crippen molar-refractivity contribution in [1.29, 1.82) is 0 Å². The molecule has 0 aromatic rings. The number of rotatable bonds is 2. The molecule has 0 bridgehead atoms. The third kappa shape index (κ3) is 5.90. The highest BCUT2D eigenvalue weighted by molar-refractivity contribution is 8.14. The summed E-state index contributed by atoms with van der Waals surface area (Å²) >= 11 is 3.11. The molecule has 184 valence electrons. The normalized spacial score (nSPS) is 40.2. The third-order valence-corrected chi connectivity index (χ3v) is 8.32. The lowest BCUT2D eigenvalue weighted by Crippen LogP contribution is -2.48. The highest BCUT2D eigenvalue weighted by Gasteiger charge is 2.44. The summed E-state index contributed by atoms with van der Waals surface area (Å²) in [6.07, 6.45) is -2.44. The molecular weight excluding hydrogens is 456 g/mol. The maximum Gasteiger partial charge on any atom is 0.161 e. The molecule has 2 fully saturated rings. The number of aliphatic imine (C=N–C) groups is 2. The number of hydrogen-bond acceptors (Lipinski definition) is 12.